The largest absolute Gasteiger partial charge is 0.488 e. The molecule has 1 aliphatic heterocycles. The minimum atomic E-state index is -0.644. The maximum Gasteiger partial charge on any atom is 0.326 e. The third-order valence-corrected chi connectivity index (χ3v) is 6.17. The van der Waals surface area contributed by atoms with Crippen molar-refractivity contribution in [2.24, 2.45) is 0 Å². The molecule has 1 saturated heterocycles. The highest BCUT2D eigenvalue weighted by Crippen LogP contribution is 2.35. The fourth-order valence-electron chi connectivity index (χ4n) is 2.76. The molecule has 1 fully saturated rings. The van der Waals surface area contributed by atoms with Gasteiger partial charge in [-0.25, -0.2) is 0 Å². The summed E-state index contributed by atoms with van der Waals surface area (Å²) in [5.74, 6) is -0.715. The van der Waals surface area contributed by atoms with Crippen molar-refractivity contribution in [3.8, 4) is 5.75 Å². The molecule has 0 radical (unpaired) electrons. The zero-order valence-electron chi connectivity index (χ0n) is 17.1. The maximum absolute atomic E-state index is 12.7. The quantitative estimate of drug-likeness (QED) is 0.292. The van der Waals surface area contributed by atoms with E-state index in [1.54, 1.807) is 56.3 Å². The van der Waals surface area contributed by atoms with Crippen molar-refractivity contribution in [3.05, 3.63) is 66.9 Å². The van der Waals surface area contributed by atoms with Gasteiger partial charge in [0.1, 0.15) is 18.9 Å². The van der Waals surface area contributed by atoms with Crippen LogP contribution in [0.5, 0.6) is 5.75 Å². The molecule has 2 aromatic carbocycles. The lowest BCUT2D eigenvalue weighted by atomic mass is 10.1. The predicted octanol–water partition coefficient (Wildman–Crippen LogP) is 6.32. The molecule has 1 aliphatic rings. The summed E-state index contributed by atoms with van der Waals surface area (Å²) < 4.78 is 11.7. The third-order valence-electron chi connectivity index (χ3n) is 4.18. The number of amides is 2. The summed E-state index contributed by atoms with van der Waals surface area (Å²) in [6.45, 7) is 3.13. The van der Waals surface area contributed by atoms with Gasteiger partial charge in [-0.2, -0.15) is 0 Å². The number of rotatable bonds is 7. The Hall–Kier alpha value is -2.00. The van der Waals surface area contributed by atoms with Gasteiger partial charge >= 0.3 is 5.97 Å². The normalized spacial score (nSPS) is 15.1. The number of benzene rings is 2. The molecule has 0 bridgehead atoms. The highest BCUT2D eigenvalue weighted by molar-refractivity contribution is 9.10. The number of imide groups is 1. The van der Waals surface area contributed by atoms with E-state index in [2.05, 4.69) is 15.9 Å². The molecule has 0 aliphatic carbocycles. The van der Waals surface area contributed by atoms with Crippen LogP contribution in [0.1, 0.15) is 25.0 Å². The van der Waals surface area contributed by atoms with Gasteiger partial charge in [-0.15, -0.1) is 0 Å². The van der Waals surface area contributed by atoms with E-state index in [0.717, 1.165) is 26.7 Å². The summed E-state index contributed by atoms with van der Waals surface area (Å²) in [7, 11) is 0. The minimum Gasteiger partial charge on any atom is -0.488 e. The molecule has 0 spiro atoms. The van der Waals surface area contributed by atoms with Crippen LogP contribution in [0.25, 0.3) is 6.08 Å². The van der Waals surface area contributed by atoms with Gasteiger partial charge in [0.05, 0.1) is 11.0 Å². The monoisotopic (exact) mass is 557 g/mol. The number of ether oxygens (including phenoxy) is 2. The van der Waals surface area contributed by atoms with Crippen LogP contribution in [0.3, 0.4) is 0 Å². The van der Waals surface area contributed by atoms with E-state index < -0.39 is 23.7 Å². The first kappa shape index (κ1) is 24.6. The van der Waals surface area contributed by atoms with Crippen LogP contribution >= 0.6 is 50.9 Å². The fraction of sp³-hybridized carbons (Fsp3) is 0.227. The van der Waals surface area contributed by atoms with Crippen LogP contribution in [0.4, 0.5) is 4.79 Å². The van der Waals surface area contributed by atoms with E-state index >= 15 is 0 Å². The van der Waals surface area contributed by atoms with Gasteiger partial charge in [0, 0.05) is 25.6 Å². The summed E-state index contributed by atoms with van der Waals surface area (Å²) in [6.07, 6.45) is 1.22. The van der Waals surface area contributed by atoms with Crippen LogP contribution < -0.4 is 4.74 Å². The minimum absolute atomic E-state index is 0.180. The van der Waals surface area contributed by atoms with Crippen LogP contribution in [-0.4, -0.2) is 34.7 Å². The SMILES string of the molecule is CC(C)OC(=O)CN1C(=O)S/C(=C/c2cc(Br)ccc2OCc2ccc(Cl)cc2Cl)C1=O. The van der Waals surface area contributed by atoms with Crippen molar-refractivity contribution < 1.29 is 23.9 Å². The van der Waals surface area contributed by atoms with Gasteiger partial charge in [0.2, 0.25) is 0 Å². The number of thioether (sulfide) groups is 1. The predicted molar refractivity (Wildman–Crippen MR) is 129 cm³/mol. The molecule has 1 heterocycles. The highest BCUT2D eigenvalue weighted by Gasteiger charge is 2.37. The molecule has 0 saturated carbocycles. The standard InChI is InChI=1S/C22H18BrCl2NO5S/c1-12(2)31-20(27)10-26-21(28)19(32-22(26)29)8-14-7-15(23)4-6-18(14)30-11-13-3-5-16(24)9-17(13)25/h3-9,12H,10-11H2,1-2H3/b19-8+. The lowest BCUT2D eigenvalue weighted by molar-refractivity contribution is -0.149. The molecule has 0 atom stereocenters. The second-order valence-electron chi connectivity index (χ2n) is 7.01. The second kappa shape index (κ2) is 10.7. The zero-order chi connectivity index (χ0) is 23.4. The van der Waals surface area contributed by atoms with Gasteiger partial charge in [0.15, 0.2) is 0 Å². The Bertz CT molecular complexity index is 1110. The molecule has 2 amide bonds. The van der Waals surface area contributed by atoms with Crippen LogP contribution in [0.2, 0.25) is 10.0 Å². The third kappa shape index (κ3) is 6.28. The number of nitrogens with zero attached hydrogens (tertiary/aromatic N) is 1. The van der Waals surface area contributed by atoms with E-state index in [-0.39, 0.29) is 17.6 Å². The highest BCUT2D eigenvalue weighted by atomic mass is 79.9. The number of hydrogen-bond donors (Lipinski definition) is 0. The molecule has 3 rings (SSSR count). The summed E-state index contributed by atoms with van der Waals surface area (Å²) >= 11 is 16.3. The van der Waals surface area contributed by atoms with Crippen molar-refractivity contribution in [3.63, 3.8) is 0 Å². The van der Waals surface area contributed by atoms with Gasteiger partial charge < -0.3 is 9.47 Å². The molecular weight excluding hydrogens is 541 g/mol. The Labute approximate surface area is 208 Å². The summed E-state index contributed by atoms with van der Waals surface area (Å²) in [6, 6.07) is 10.4. The molecule has 32 heavy (non-hydrogen) atoms. The zero-order valence-corrected chi connectivity index (χ0v) is 21.0. The fourth-order valence-corrected chi connectivity index (χ4v) is 4.44. The second-order valence-corrected chi connectivity index (χ2v) is 9.77. The van der Waals surface area contributed by atoms with E-state index in [1.807, 2.05) is 0 Å². The van der Waals surface area contributed by atoms with Crippen molar-refractivity contribution in [1.29, 1.82) is 0 Å². The molecule has 0 aromatic heterocycles. The van der Waals surface area contributed by atoms with E-state index in [4.69, 9.17) is 32.7 Å². The van der Waals surface area contributed by atoms with Gasteiger partial charge in [-0.05, 0) is 62.0 Å². The van der Waals surface area contributed by atoms with Crippen LogP contribution in [-0.2, 0) is 20.9 Å². The number of carbonyl (C=O) groups is 3. The first-order valence-corrected chi connectivity index (χ1v) is 11.8. The van der Waals surface area contributed by atoms with E-state index in [0.29, 0.717) is 21.4 Å². The number of halogens is 3. The molecule has 168 valence electrons. The lowest BCUT2D eigenvalue weighted by Crippen LogP contribution is -2.35. The number of esters is 1. The van der Waals surface area contributed by atoms with Crippen molar-refractivity contribution in [1.82, 2.24) is 4.90 Å². The average molecular weight is 559 g/mol. The first-order valence-electron chi connectivity index (χ1n) is 9.45. The summed E-state index contributed by atoms with van der Waals surface area (Å²) in [5, 5.41) is 0.467. The Morgan fingerprint density at radius 3 is 2.62 bits per heavy atom. The Morgan fingerprint density at radius 2 is 1.94 bits per heavy atom. The van der Waals surface area contributed by atoms with Crippen LogP contribution in [0.15, 0.2) is 45.8 Å². The number of carbonyl (C=O) groups excluding carboxylic acids is 3. The van der Waals surface area contributed by atoms with Gasteiger partial charge in [0.25, 0.3) is 11.1 Å². The number of hydrogen-bond acceptors (Lipinski definition) is 6. The Balaban J connectivity index is 1.80. The first-order chi connectivity index (χ1) is 15.1. The summed E-state index contributed by atoms with van der Waals surface area (Å²) in [5.41, 5.74) is 1.33. The lowest BCUT2D eigenvalue weighted by Gasteiger charge is -2.13. The molecular formula is C22H18BrCl2NO5S. The van der Waals surface area contributed by atoms with Crippen molar-refractivity contribution >= 4 is 74.1 Å². The Morgan fingerprint density at radius 1 is 1.19 bits per heavy atom. The Kier molecular flexibility index (Phi) is 8.27. The molecule has 0 unspecified atom stereocenters. The molecule has 2 aromatic rings. The van der Waals surface area contributed by atoms with E-state index in [1.165, 1.54) is 0 Å². The van der Waals surface area contributed by atoms with Crippen LogP contribution in [0, 0.1) is 0 Å². The summed E-state index contributed by atoms with van der Waals surface area (Å²) in [4.78, 5) is 37.9. The van der Waals surface area contributed by atoms with Gasteiger partial charge in [-0.1, -0.05) is 45.2 Å². The molecule has 10 heteroatoms. The molecule has 0 N–H and O–H groups in total. The van der Waals surface area contributed by atoms with E-state index in [9.17, 15) is 14.4 Å². The van der Waals surface area contributed by atoms with Gasteiger partial charge in [-0.3, -0.25) is 19.3 Å². The van der Waals surface area contributed by atoms with Crippen molar-refractivity contribution in [2.75, 3.05) is 6.54 Å². The average Bonchev–Trinajstić information content (AvgIpc) is 2.95. The maximum atomic E-state index is 12.7. The smallest absolute Gasteiger partial charge is 0.326 e. The topological polar surface area (TPSA) is 72.9 Å². The van der Waals surface area contributed by atoms with Crippen molar-refractivity contribution in [2.45, 2.75) is 26.6 Å². The molecule has 6 nitrogen and oxygen atoms in total.